The van der Waals surface area contributed by atoms with Crippen molar-refractivity contribution in [3.63, 3.8) is 0 Å². The number of nitrogens with zero attached hydrogens (tertiary/aromatic N) is 4. The van der Waals surface area contributed by atoms with Gasteiger partial charge in [-0.25, -0.2) is 9.97 Å². The van der Waals surface area contributed by atoms with E-state index in [-0.39, 0.29) is 0 Å². The average Bonchev–Trinajstić information content (AvgIpc) is 3.13. The monoisotopic (exact) mass is 353 g/mol. The van der Waals surface area contributed by atoms with Crippen LogP contribution in [0.5, 0.6) is 0 Å². The Balaban J connectivity index is 1.53. The molecule has 0 spiro atoms. The van der Waals surface area contributed by atoms with Crippen LogP contribution in [-0.4, -0.2) is 47.6 Å². The van der Waals surface area contributed by atoms with Crippen molar-refractivity contribution >= 4 is 38.7 Å². The van der Waals surface area contributed by atoms with Crippen LogP contribution >= 0.6 is 11.3 Å². The van der Waals surface area contributed by atoms with E-state index in [1.807, 2.05) is 6.07 Å². The van der Waals surface area contributed by atoms with Crippen molar-refractivity contribution < 1.29 is 0 Å². The number of thiophene rings is 1. The lowest BCUT2D eigenvalue weighted by atomic mass is 10.1. The molecule has 1 saturated heterocycles. The Morgan fingerprint density at radius 2 is 1.96 bits per heavy atom. The molecule has 130 valence electrons. The number of piperazine rings is 1. The summed E-state index contributed by atoms with van der Waals surface area (Å²) in [5.74, 6) is 0.882. The third-order valence-corrected chi connectivity index (χ3v) is 5.80. The minimum absolute atomic E-state index is 0.882. The number of aryl methyl sites for hydroxylation is 1. The molecule has 1 aliphatic rings. The molecular weight excluding hydrogens is 330 g/mol. The van der Waals surface area contributed by atoms with E-state index in [0.717, 1.165) is 54.4 Å². The zero-order valence-corrected chi connectivity index (χ0v) is 15.5. The second-order valence-electron chi connectivity index (χ2n) is 6.40. The van der Waals surface area contributed by atoms with Crippen LogP contribution in [-0.2, 0) is 0 Å². The second kappa shape index (κ2) is 6.98. The van der Waals surface area contributed by atoms with Crippen LogP contribution < -0.4 is 10.2 Å². The molecule has 1 aliphatic heterocycles. The molecule has 0 bridgehead atoms. The summed E-state index contributed by atoms with van der Waals surface area (Å²) >= 11 is 1.67. The number of likely N-dealkylation sites (N-methyl/N-ethyl adjacent to an activating group) is 1. The van der Waals surface area contributed by atoms with Crippen molar-refractivity contribution in [3.8, 4) is 0 Å². The Morgan fingerprint density at radius 3 is 2.72 bits per heavy atom. The van der Waals surface area contributed by atoms with Gasteiger partial charge in [-0.2, -0.15) is 0 Å². The van der Waals surface area contributed by atoms with E-state index >= 15 is 0 Å². The predicted molar refractivity (Wildman–Crippen MR) is 106 cm³/mol. The molecule has 0 aliphatic carbocycles. The molecule has 2 aromatic heterocycles. The van der Waals surface area contributed by atoms with Crippen molar-refractivity contribution in [1.82, 2.24) is 14.9 Å². The van der Waals surface area contributed by atoms with Crippen LogP contribution in [0, 0.1) is 6.92 Å². The van der Waals surface area contributed by atoms with Crippen LogP contribution in [0.25, 0.3) is 10.2 Å². The summed E-state index contributed by atoms with van der Waals surface area (Å²) in [6, 6.07) is 8.68. The number of rotatable bonds is 4. The summed E-state index contributed by atoms with van der Waals surface area (Å²) < 4.78 is 1.10. The largest absolute Gasteiger partial charge is 0.369 e. The van der Waals surface area contributed by atoms with E-state index in [1.54, 1.807) is 17.7 Å². The molecule has 3 heterocycles. The van der Waals surface area contributed by atoms with Crippen LogP contribution in [0.4, 0.5) is 17.2 Å². The molecule has 1 fully saturated rings. The van der Waals surface area contributed by atoms with Gasteiger partial charge in [-0.1, -0.05) is 6.92 Å². The Morgan fingerprint density at radius 1 is 1.12 bits per heavy atom. The SMILES string of the molecule is CCN1CCN(c2ccc(Nc3ncnc4ccsc34)c(C)c2)CC1. The first kappa shape index (κ1) is 16.3. The van der Waals surface area contributed by atoms with E-state index in [2.05, 4.69) is 62.5 Å². The third-order valence-electron chi connectivity index (χ3n) is 4.89. The average molecular weight is 353 g/mol. The van der Waals surface area contributed by atoms with Crippen LogP contribution in [0.1, 0.15) is 12.5 Å². The predicted octanol–water partition coefficient (Wildman–Crippen LogP) is 3.89. The van der Waals surface area contributed by atoms with Crippen LogP contribution in [0.15, 0.2) is 36.0 Å². The van der Waals surface area contributed by atoms with Crippen molar-refractivity contribution in [1.29, 1.82) is 0 Å². The standard InChI is InChI=1S/C19H23N5S/c1-3-23-7-9-24(10-8-23)15-4-5-16(14(2)12-15)22-19-18-17(6-11-25-18)20-13-21-19/h4-6,11-13H,3,7-10H2,1-2H3,(H,20,21,22). The molecule has 3 aromatic rings. The molecule has 0 radical (unpaired) electrons. The number of benzene rings is 1. The van der Waals surface area contributed by atoms with Gasteiger partial charge >= 0.3 is 0 Å². The number of hydrogen-bond donors (Lipinski definition) is 1. The number of nitrogens with one attached hydrogen (secondary N) is 1. The Labute approximate surface area is 152 Å². The maximum atomic E-state index is 4.42. The highest BCUT2D eigenvalue weighted by atomic mass is 32.1. The first-order valence-electron chi connectivity index (χ1n) is 8.78. The molecule has 6 heteroatoms. The highest BCUT2D eigenvalue weighted by molar-refractivity contribution is 7.17. The zero-order valence-electron chi connectivity index (χ0n) is 14.7. The molecule has 0 amide bonds. The minimum Gasteiger partial charge on any atom is -0.369 e. The van der Waals surface area contributed by atoms with Gasteiger partial charge in [0.1, 0.15) is 6.33 Å². The van der Waals surface area contributed by atoms with Gasteiger partial charge in [0, 0.05) is 37.6 Å². The van der Waals surface area contributed by atoms with Gasteiger partial charge in [-0.05, 0) is 48.7 Å². The fourth-order valence-electron chi connectivity index (χ4n) is 3.31. The van der Waals surface area contributed by atoms with Crippen molar-refractivity contribution in [2.24, 2.45) is 0 Å². The van der Waals surface area contributed by atoms with Gasteiger partial charge in [0.05, 0.1) is 10.2 Å². The van der Waals surface area contributed by atoms with Gasteiger partial charge in [0.25, 0.3) is 0 Å². The lowest BCUT2D eigenvalue weighted by Gasteiger charge is -2.35. The topological polar surface area (TPSA) is 44.3 Å². The fraction of sp³-hybridized carbons (Fsp3) is 0.368. The first-order chi connectivity index (χ1) is 12.2. The molecule has 1 aromatic carbocycles. The van der Waals surface area contributed by atoms with Gasteiger partial charge in [0.2, 0.25) is 0 Å². The Bertz CT molecular complexity index is 867. The minimum atomic E-state index is 0.882. The van der Waals surface area contributed by atoms with Crippen molar-refractivity contribution in [3.05, 3.63) is 41.5 Å². The Hall–Kier alpha value is -2.18. The van der Waals surface area contributed by atoms with Crippen LogP contribution in [0.2, 0.25) is 0 Å². The first-order valence-corrected chi connectivity index (χ1v) is 9.65. The molecule has 0 saturated carbocycles. The van der Waals surface area contributed by atoms with E-state index in [0.29, 0.717) is 0 Å². The van der Waals surface area contributed by atoms with Gasteiger partial charge in [-0.15, -0.1) is 11.3 Å². The molecule has 5 nitrogen and oxygen atoms in total. The number of anilines is 3. The maximum absolute atomic E-state index is 4.42. The summed E-state index contributed by atoms with van der Waals surface area (Å²) in [6.45, 7) is 10.0. The van der Waals surface area contributed by atoms with E-state index in [9.17, 15) is 0 Å². The number of fused-ring (bicyclic) bond motifs is 1. The van der Waals surface area contributed by atoms with E-state index in [1.165, 1.54) is 11.3 Å². The smallest absolute Gasteiger partial charge is 0.151 e. The lowest BCUT2D eigenvalue weighted by molar-refractivity contribution is 0.271. The van der Waals surface area contributed by atoms with E-state index < -0.39 is 0 Å². The van der Waals surface area contributed by atoms with Gasteiger partial charge in [0.15, 0.2) is 5.82 Å². The van der Waals surface area contributed by atoms with Crippen molar-refractivity contribution in [2.75, 3.05) is 42.9 Å². The third kappa shape index (κ3) is 3.32. The number of hydrogen-bond acceptors (Lipinski definition) is 6. The van der Waals surface area contributed by atoms with E-state index in [4.69, 9.17) is 0 Å². The normalized spacial score (nSPS) is 15.7. The van der Waals surface area contributed by atoms with Gasteiger partial charge in [-0.3, -0.25) is 0 Å². The highest BCUT2D eigenvalue weighted by Gasteiger charge is 2.16. The lowest BCUT2D eigenvalue weighted by Crippen LogP contribution is -2.46. The molecule has 4 rings (SSSR count). The molecule has 0 unspecified atom stereocenters. The molecule has 1 N–H and O–H groups in total. The molecular formula is C19H23N5S. The zero-order chi connectivity index (χ0) is 17.2. The summed E-state index contributed by atoms with van der Waals surface area (Å²) in [6.07, 6.45) is 1.62. The summed E-state index contributed by atoms with van der Waals surface area (Å²) in [5.41, 5.74) is 4.64. The van der Waals surface area contributed by atoms with Crippen LogP contribution in [0.3, 0.4) is 0 Å². The fourth-order valence-corrected chi connectivity index (χ4v) is 4.10. The summed E-state index contributed by atoms with van der Waals surface area (Å²) in [5, 5.41) is 5.53. The molecule has 25 heavy (non-hydrogen) atoms. The quantitative estimate of drug-likeness (QED) is 0.771. The summed E-state index contributed by atoms with van der Waals surface area (Å²) in [7, 11) is 0. The molecule has 0 atom stereocenters. The summed E-state index contributed by atoms with van der Waals surface area (Å²) in [4.78, 5) is 13.7. The maximum Gasteiger partial charge on any atom is 0.151 e. The highest BCUT2D eigenvalue weighted by Crippen LogP contribution is 2.30. The number of aromatic nitrogens is 2. The second-order valence-corrected chi connectivity index (χ2v) is 7.32. The van der Waals surface area contributed by atoms with Gasteiger partial charge < -0.3 is 15.1 Å². The Kier molecular flexibility index (Phi) is 4.55. The van der Waals surface area contributed by atoms with Crippen molar-refractivity contribution in [2.45, 2.75) is 13.8 Å².